The van der Waals surface area contributed by atoms with E-state index in [1.165, 1.54) is 12.1 Å². The highest BCUT2D eigenvalue weighted by atomic mass is 79.9. The molecule has 0 aliphatic heterocycles. The van der Waals surface area contributed by atoms with Gasteiger partial charge in [0.1, 0.15) is 17.3 Å². The van der Waals surface area contributed by atoms with E-state index in [9.17, 15) is 4.39 Å². The number of halogens is 3. The molecule has 0 aliphatic rings. The quantitative estimate of drug-likeness (QED) is 0.663. The fraction of sp³-hybridized carbons (Fsp3) is 0.250. The van der Waals surface area contributed by atoms with Gasteiger partial charge in [-0.3, -0.25) is 0 Å². The lowest BCUT2D eigenvalue weighted by Crippen LogP contribution is -2.18. The van der Waals surface area contributed by atoms with E-state index in [0.29, 0.717) is 16.0 Å². The lowest BCUT2D eigenvalue weighted by molar-refractivity contribution is 0.456. The summed E-state index contributed by atoms with van der Waals surface area (Å²) in [5, 5.41) is 3.35. The first-order chi connectivity index (χ1) is 10.0. The largest absolute Gasteiger partial charge is 0.456 e. The molecule has 1 atom stereocenters. The van der Waals surface area contributed by atoms with Crippen molar-refractivity contribution in [3.05, 3.63) is 56.7 Å². The van der Waals surface area contributed by atoms with Crippen molar-refractivity contribution in [2.75, 3.05) is 6.54 Å². The van der Waals surface area contributed by atoms with Gasteiger partial charge >= 0.3 is 0 Å². The first-order valence-electron chi connectivity index (χ1n) is 6.67. The molecule has 2 aromatic rings. The Morgan fingerprint density at radius 2 is 1.90 bits per heavy atom. The topological polar surface area (TPSA) is 21.3 Å². The van der Waals surface area contributed by atoms with Crippen molar-refractivity contribution in [1.29, 1.82) is 0 Å². The van der Waals surface area contributed by atoms with Gasteiger partial charge in [-0.05, 0) is 59.7 Å². The van der Waals surface area contributed by atoms with Gasteiger partial charge in [-0.25, -0.2) is 4.39 Å². The minimum atomic E-state index is -0.327. The molecule has 5 heteroatoms. The van der Waals surface area contributed by atoms with Crippen LogP contribution >= 0.6 is 31.9 Å². The highest BCUT2D eigenvalue weighted by molar-refractivity contribution is 9.10. The van der Waals surface area contributed by atoms with Crippen LogP contribution in [-0.2, 0) is 0 Å². The van der Waals surface area contributed by atoms with E-state index >= 15 is 0 Å². The molecule has 112 valence electrons. The van der Waals surface area contributed by atoms with Crippen LogP contribution in [0.3, 0.4) is 0 Å². The molecule has 0 aliphatic carbocycles. The van der Waals surface area contributed by atoms with Gasteiger partial charge in [-0.15, -0.1) is 0 Å². The van der Waals surface area contributed by atoms with Crippen LogP contribution in [0.4, 0.5) is 4.39 Å². The van der Waals surface area contributed by atoms with Crippen LogP contribution in [0.5, 0.6) is 11.5 Å². The van der Waals surface area contributed by atoms with Crippen LogP contribution in [0.15, 0.2) is 45.3 Å². The zero-order chi connectivity index (χ0) is 15.4. The van der Waals surface area contributed by atoms with Gasteiger partial charge in [0, 0.05) is 22.1 Å². The van der Waals surface area contributed by atoms with Gasteiger partial charge in [0.25, 0.3) is 0 Å². The second kappa shape index (κ2) is 7.38. The van der Waals surface area contributed by atoms with Gasteiger partial charge in [0.15, 0.2) is 0 Å². The Balaban J connectivity index is 2.37. The molecule has 0 aromatic heterocycles. The maximum atomic E-state index is 13.4. The number of hydrogen-bond acceptors (Lipinski definition) is 2. The lowest BCUT2D eigenvalue weighted by Gasteiger charge is -2.18. The molecule has 2 rings (SSSR count). The summed E-state index contributed by atoms with van der Waals surface area (Å²) in [6.07, 6.45) is 0. The number of nitrogens with one attached hydrogen (secondary N) is 1. The highest BCUT2D eigenvalue weighted by Crippen LogP contribution is 2.35. The molecular formula is C16H16Br2FNO. The van der Waals surface area contributed by atoms with E-state index in [4.69, 9.17) is 4.74 Å². The Labute approximate surface area is 141 Å². The molecule has 1 unspecified atom stereocenters. The van der Waals surface area contributed by atoms with Gasteiger partial charge in [0.2, 0.25) is 0 Å². The molecule has 21 heavy (non-hydrogen) atoms. The lowest BCUT2D eigenvalue weighted by atomic mass is 10.1. The van der Waals surface area contributed by atoms with Gasteiger partial charge in [0.05, 0.1) is 4.47 Å². The van der Waals surface area contributed by atoms with Crippen molar-refractivity contribution >= 4 is 31.9 Å². The minimum Gasteiger partial charge on any atom is -0.456 e. The first kappa shape index (κ1) is 16.5. The van der Waals surface area contributed by atoms with E-state index in [1.54, 1.807) is 6.07 Å². The van der Waals surface area contributed by atoms with Crippen LogP contribution in [0.1, 0.15) is 25.5 Å². The summed E-state index contributed by atoms with van der Waals surface area (Å²) in [6, 6.07) is 10.3. The van der Waals surface area contributed by atoms with Crippen molar-refractivity contribution in [1.82, 2.24) is 5.32 Å². The zero-order valence-corrected chi connectivity index (χ0v) is 15.0. The van der Waals surface area contributed by atoms with Crippen LogP contribution in [-0.4, -0.2) is 6.54 Å². The van der Waals surface area contributed by atoms with E-state index in [2.05, 4.69) is 51.0 Å². The highest BCUT2D eigenvalue weighted by Gasteiger charge is 2.14. The molecule has 0 amide bonds. The minimum absolute atomic E-state index is 0.134. The average molecular weight is 417 g/mol. The van der Waals surface area contributed by atoms with Crippen molar-refractivity contribution < 1.29 is 9.13 Å². The predicted molar refractivity (Wildman–Crippen MR) is 90.4 cm³/mol. The third kappa shape index (κ3) is 4.28. The summed E-state index contributed by atoms with van der Waals surface area (Å²) >= 11 is 6.85. The Morgan fingerprint density at radius 1 is 1.14 bits per heavy atom. The molecule has 0 saturated carbocycles. The van der Waals surface area contributed by atoms with Gasteiger partial charge in [-0.1, -0.05) is 22.9 Å². The maximum absolute atomic E-state index is 13.4. The molecule has 0 bridgehead atoms. The summed E-state index contributed by atoms with van der Waals surface area (Å²) in [5.74, 6) is 0.840. The molecule has 0 radical (unpaired) electrons. The summed E-state index contributed by atoms with van der Waals surface area (Å²) in [7, 11) is 0. The molecule has 2 nitrogen and oxygen atoms in total. The monoisotopic (exact) mass is 415 g/mol. The van der Waals surface area contributed by atoms with Crippen LogP contribution in [0, 0.1) is 5.82 Å². The Hall–Kier alpha value is -0.910. The summed E-state index contributed by atoms with van der Waals surface area (Å²) < 4.78 is 21.0. The zero-order valence-electron chi connectivity index (χ0n) is 11.8. The Kier molecular flexibility index (Phi) is 5.79. The van der Waals surface area contributed by atoms with Gasteiger partial charge < -0.3 is 10.1 Å². The molecule has 1 N–H and O–H groups in total. The second-order valence-electron chi connectivity index (χ2n) is 4.64. The normalized spacial score (nSPS) is 12.2. The molecular weight excluding hydrogens is 401 g/mol. The third-order valence-corrected chi connectivity index (χ3v) is 4.21. The molecule has 0 fully saturated rings. The summed E-state index contributed by atoms with van der Waals surface area (Å²) in [6.45, 7) is 4.98. The van der Waals surface area contributed by atoms with Gasteiger partial charge in [-0.2, -0.15) is 0 Å². The Bertz CT molecular complexity index is 634. The van der Waals surface area contributed by atoms with Crippen molar-refractivity contribution in [2.24, 2.45) is 0 Å². The van der Waals surface area contributed by atoms with E-state index in [1.807, 2.05) is 18.2 Å². The van der Waals surface area contributed by atoms with Crippen molar-refractivity contribution in [3.63, 3.8) is 0 Å². The number of benzene rings is 2. The number of rotatable bonds is 5. The number of ether oxygens (including phenoxy) is 1. The van der Waals surface area contributed by atoms with Crippen molar-refractivity contribution in [3.8, 4) is 11.5 Å². The van der Waals surface area contributed by atoms with Crippen molar-refractivity contribution in [2.45, 2.75) is 19.9 Å². The van der Waals surface area contributed by atoms with E-state index in [0.717, 1.165) is 16.6 Å². The SMILES string of the molecule is CCNC(C)c1cc(Br)ccc1Oc1cc(F)ccc1Br. The van der Waals surface area contributed by atoms with Crippen LogP contribution < -0.4 is 10.1 Å². The molecule has 0 heterocycles. The smallest absolute Gasteiger partial charge is 0.144 e. The fourth-order valence-corrected chi connectivity index (χ4v) is 2.75. The second-order valence-corrected chi connectivity index (χ2v) is 6.41. The predicted octanol–water partition coefficient (Wildman–Crippen LogP) is 5.81. The summed E-state index contributed by atoms with van der Waals surface area (Å²) in [5.41, 5.74) is 1.02. The third-order valence-electron chi connectivity index (χ3n) is 3.06. The average Bonchev–Trinajstić information content (AvgIpc) is 2.45. The van der Waals surface area contributed by atoms with E-state index < -0.39 is 0 Å². The van der Waals surface area contributed by atoms with Crippen LogP contribution in [0.2, 0.25) is 0 Å². The summed E-state index contributed by atoms with van der Waals surface area (Å²) in [4.78, 5) is 0. The molecule has 0 spiro atoms. The maximum Gasteiger partial charge on any atom is 0.144 e. The Morgan fingerprint density at radius 3 is 2.62 bits per heavy atom. The van der Waals surface area contributed by atoms with Crippen LogP contribution in [0.25, 0.3) is 0 Å². The first-order valence-corrected chi connectivity index (χ1v) is 8.25. The number of hydrogen-bond donors (Lipinski definition) is 1. The van der Waals surface area contributed by atoms with E-state index in [-0.39, 0.29) is 11.9 Å². The molecule has 0 saturated heterocycles. The standard InChI is InChI=1S/C16H16Br2FNO/c1-3-20-10(2)13-8-11(17)4-7-15(13)21-16-9-12(19)5-6-14(16)18/h4-10,20H,3H2,1-2H3. The molecule has 2 aromatic carbocycles. The fourth-order valence-electron chi connectivity index (χ4n) is 2.04.